The fourth-order valence-corrected chi connectivity index (χ4v) is 2.93. The van der Waals surface area contributed by atoms with E-state index in [1.807, 2.05) is 6.07 Å². The van der Waals surface area contributed by atoms with E-state index in [1.54, 1.807) is 31.2 Å². The summed E-state index contributed by atoms with van der Waals surface area (Å²) in [5.74, 6) is -1.47. The molecule has 4 N–H and O–H groups in total. The lowest BCUT2D eigenvalue weighted by atomic mass is 10.2. The number of hydrogen-bond acceptors (Lipinski definition) is 4. The minimum atomic E-state index is -0.757. The number of rotatable bonds is 7. The van der Waals surface area contributed by atoms with Gasteiger partial charge in [-0.25, -0.2) is 0 Å². The Balaban J connectivity index is 1.75. The van der Waals surface area contributed by atoms with Gasteiger partial charge in [-0.1, -0.05) is 18.2 Å². The van der Waals surface area contributed by atoms with Gasteiger partial charge in [-0.3, -0.25) is 19.2 Å². The topological polar surface area (TPSA) is 122 Å². The van der Waals surface area contributed by atoms with Crippen molar-refractivity contribution >= 4 is 23.6 Å². The quantitative estimate of drug-likeness (QED) is 0.623. The molecular weight excluding hydrogens is 336 g/mol. The van der Waals surface area contributed by atoms with Gasteiger partial charge in [0.2, 0.25) is 17.7 Å². The predicted octanol–water partition coefficient (Wildman–Crippen LogP) is -0.212. The zero-order valence-corrected chi connectivity index (χ0v) is 14.7. The monoisotopic (exact) mass is 360 g/mol. The molecule has 26 heavy (non-hydrogen) atoms. The Morgan fingerprint density at radius 3 is 2.58 bits per heavy atom. The third kappa shape index (κ3) is 5.05. The molecular formula is C18H24N4O4. The minimum absolute atomic E-state index is 0.0510. The Morgan fingerprint density at radius 1 is 1.23 bits per heavy atom. The van der Waals surface area contributed by atoms with Crippen molar-refractivity contribution in [3.63, 3.8) is 0 Å². The molecule has 2 atom stereocenters. The van der Waals surface area contributed by atoms with Crippen LogP contribution < -0.4 is 16.4 Å². The van der Waals surface area contributed by atoms with Gasteiger partial charge >= 0.3 is 0 Å². The molecule has 1 aromatic rings. The second-order valence-corrected chi connectivity index (χ2v) is 6.25. The molecule has 0 aromatic heterocycles. The lowest BCUT2D eigenvalue weighted by Gasteiger charge is -2.25. The van der Waals surface area contributed by atoms with E-state index in [9.17, 15) is 19.2 Å². The van der Waals surface area contributed by atoms with Crippen LogP contribution in [0.15, 0.2) is 30.3 Å². The van der Waals surface area contributed by atoms with Crippen molar-refractivity contribution in [2.24, 2.45) is 5.73 Å². The summed E-state index contributed by atoms with van der Waals surface area (Å²) < 4.78 is 0. The molecule has 1 heterocycles. The van der Waals surface area contributed by atoms with Gasteiger partial charge in [0, 0.05) is 25.1 Å². The van der Waals surface area contributed by atoms with E-state index in [4.69, 9.17) is 5.73 Å². The SMILES string of the molecule is C[C@H](NC(=O)CCNC(=O)c1ccccc1)C(=O)N1CCC[C@H]1C(N)=O. The van der Waals surface area contributed by atoms with Crippen LogP contribution in [0.2, 0.25) is 0 Å². The first kappa shape index (κ1) is 19.4. The standard InChI is InChI=1S/C18H24N4O4/c1-12(18(26)22-11-5-8-14(22)16(19)24)21-15(23)9-10-20-17(25)13-6-3-2-4-7-13/h2-4,6-7,12,14H,5,8-11H2,1H3,(H2,19,24)(H,20,25)(H,21,23)/t12-,14-/m0/s1. The molecule has 0 bridgehead atoms. The molecule has 0 unspecified atom stereocenters. The maximum absolute atomic E-state index is 12.4. The number of carbonyl (C=O) groups excluding carboxylic acids is 4. The number of hydrogen-bond donors (Lipinski definition) is 3. The highest BCUT2D eigenvalue weighted by Crippen LogP contribution is 2.17. The average Bonchev–Trinajstić information content (AvgIpc) is 3.11. The van der Waals surface area contributed by atoms with E-state index < -0.39 is 18.0 Å². The molecule has 1 aliphatic rings. The summed E-state index contributed by atoms with van der Waals surface area (Å²) in [6.07, 6.45) is 1.31. The highest BCUT2D eigenvalue weighted by Gasteiger charge is 2.34. The number of nitrogens with one attached hydrogen (secondary N) is 2. The van der Waals surface area contributed by atoms with E-state index in [0.717, 1.165) is 0 Å². The zero-order chi connectivity index (χ0) is 19.1. The lowest BCUT2D eigenvalue weighted by molar-refractivity contribution is -0.140. The van der Waals surface area contributed by atoms with Gasteiger partial charge in [-0.15, -0.1) is 0 Å². The van der Waals surface area contributed by atoms with Crippen molar-refractivity contribution in [1.82, 2.24) is 15.5 Å². The average molecular weight is 360 g/mol. The van der Waals surface area contributed by atoms with Crippen molar-refractivity contribution in [3.05, 3.63) is 35.9 Å². The van der Waals surface area contributed by atoms with Crippen molar-refractivity contribution < 1.29 is 19.2 Å². The maximum Gasteiger partial charge on any atom is 0.251 e. The lowest BCUT2D eigenvalue weighted by Crippen LogP contribution is -2.51. The van der Waals surface area contributed by atoms with Gasteiger partial charge in [0.25, 0.3) is 5.91 Å². The van der Waals surface area contributed by atoms with Crippen LogP contribution in [0.25, 0.3) is 0 Å². The molecule has 1 aliphatic heterocycles. The number of primary amides is 1. The summed E-state index contributed by atoms with van der Waals surface area (Å²) in [7, 11) is 0. The van der Waals surface area contributed by atoms with Crippen molar-refractivity contribution in [1.29, 1.82) is 0 Å². The van der Waals surface area contributed by atoms with Crippen molar-refractivity contribution in [2.45, 2.75) is 38.3 Å². The predicted molar refractivity (Wildman–Crippen MR) is 94.9 cm³/mol. The number of nitrogens with two attached hydrogens (primary N) is 1. The van der Waals surface area contributed by atoms with Crippen molar-refractivity contribution in [2.75, 3.05) is 13.1 Å². The summed E-state index contributed by atoms with van der Waals surface area (Å²) in [6.45, 7) is 2.19. The largest absolute Gasteiger partial charge is 0.368 e. The second kappa shape index (κ2) is 8.98. The van der Waals surface area contributed by atoms with Gasteiger partial charge in [0.15, 0.2) is 0 Å². The summed E-state index contributed by atoms with van der Waals surface area (Å²) >= 11 is 0. The molecule has 8 nitrogen and oxygen atoms in total. The van der Waals surface area contributed by atoms with Crippen molar-refractivity contribution in [3.8, 4) is 0 Å². The van der Waals surface area contributed by atoms with Crippen LogP contribution in [-0.2, 0) is 14.4 Å². The van der Waals surface area contributed by atoms with E-state index in [0.29, 0.717) is 24.9 Å². The Bertz CT molecular complexity index is 677. The second-order valence-electron chi connectivity index (χ2n) is 6.25. The normalized spacial score (nSPS) is 17.4. The molecule has 4 amide bonds. The summed E-state index contributed by atoms with van der Waals surface area (Å²) in [6, 6.07) is 7.33. The number of carbonyl (C=O) groups is 4. The third-order valence-corrected chi connectivity index (χ3v) is 4.29. The van der Waals surface area contributed by atoms with Gasteiger partial charge in [-0.2, -0.15) is 0 Å². The molecule has 2 rings (SSSR count). The number of benzene rings is 1. The summed E-state index contributed by atoms with van der Waals surface area (Å²) in [5, 5.41) is 5.25. The Kier molecular flexibility index (Phi) is 6.71. The molecule has 0 saturated carbocycles. The summed E-state index contributed by atoms with van der Waals surface area (Å²) in [4.78, 5) is 49.1. The molecule has 0 aliphatic carbocycles. The molecule has 0 spiro atoms. The van der Waals surface area contributed by atoms with Crippen LogP contribution in [0.5, 0.6) is 0 Å². The summed E-state index contributed by atoms with van der Waals surface area (Å²) in [5.41, 5.74) is 5.83. The Hall–Kier alpha value is -2.90. The Labute approximate surface area is 152 Å². The zero-order valence-electron chi connectivity index (χ0n) is 14.7. The van der Waals surface area contributed by atoms with Gasteiger partial charge in [0.1, 0.15) is 12.1 Å². The minimum Gasteiger partial charge on any atom is -0.368 e. The molecule has 1 fully saturated rings. The highest BCUT2D eigenvalue weighted by molar-refractivity contribution is 5.94. The fourth-order valence-electron chi connectivity index (χ4n) is 2.93. The van der Waals surface area contributed by atoms with Crippen LogP contribution in [-0.4, -0.2) is 53.7 Å². The van der Waals surface area contributed by atoms with E-state index in [1.165, 1.54) is 4.90 Å². The maximum atomic E-state index is 12.4. The molecule has 0 radical (unpaired) electrons. The van der Waals surface area contributed by atoms with Crippen LogP contribution in [0.3, 0.4) is 0 Å². The van der Waals surface area contributed by atoms with Crippen LogP contribution in [0.4, 0.5) is 0 Å². The molecule has 1 aromatic carbocycles. The highest BCUT2D eigenvalue weighted by atomic mass is 16.2. The first-order valence-corrected chi connectivity index (χ1v) is 8.62. The smallest absolute Gasteiger partial charge is 0.251 e. The van der Waals surface area contributed by atoms with E-state index >= 15 is 0 Å². The number of amides is 4. The molecule has 8 heteroatoms. The molecule has 140 valence electrons. The molecule has 1 saturated heterocycles. The number of likely N-dealkylation sites (tertiary alicyclic amines) is 1. The third-order valence-electron chi connectivity index (χ3n) is 4.29. The van der Waals surface area contributed by atoms with Gasteiger partial charge in [0.05, 0.1) is 0 Å². The van der Waals surface area contributed by atoms with Crippen LogP contribution in [0.1, 0.15) is 36.5 Å². The first-order chi connectivity index (χ1) is 12.4. The van der Waals surface area contributed by atoms with Gasteiger partial charge in [-0.05, 0) is 31.9 Å². The van der Waals surface area contributed by atoms with E-state index in [-0.39, 0.29) is 30.7 Å². The van der Waals surface area contributed by atoms with Gasteiger partial charge < -0.3 is 21.3 Å². The first-order valence-electron chi connectivity index (χ1n) is 8.62. The van der Waals surface area contributed by atoms with Crippen LogP contribution >= 0.6 is 0 Å². The Morgan fingerprint density at radius 2 is 1.92 bits per heavy atom. The number of nitrogens with zero attached hydrogens (tertiary/aromatic N) is 1. The fraction of sp³-hybridized carbons (Fsp3) is 0.444. The van der Waals surface area contributed by atoms with E-state index in [2.05, 4.69) is 10.6 Å². The van der Waals surface area contributed by atoms with Crippen LogP contribution in [0, 0.1) is 0 Å².